The number of carbonyl (C=O) groups excluding carboxylic acids is 1. The van der Waals surface area contributed by atoms with Crippen molar-refractivity contribution in [2.75, 3.05) is 12.3 Å². The number of halogens is 1. The molecule has 0 saturated carbocycles. The SMILES string of the molecule is Cc1cc(F)cc(CN2CC(CS(N)(=O)=O)CC2=O)c1. The van der Waals surface area contributed by atoms with Gasteiger partial charge in [0.25, 0.3) is 0 Å². The molecule has 1 heterocycles. The highest BCUT2D eigenvalue weighted by molar-refractivity contribution is 7.89. The van der Waals surface area contributed by atoms with Gasteiger partial charge >= 0.3 is 0 Å². The molecule has 1 aliphatic rings. The van der Waals surface area contributed by atoms with E-state index in [2.05, 4.69) is 0 Å². The Morgan fingerprint density at radius 2 is 2.10 bits per heavy atom. The second-order valence-electron chi connectivity index (χ2n) is 5.31. The zero-order valence-corrected chi connectivity index (χ0v) is 12.0. The summed E-state index contributed by atoms with van der Waals surface area (Å²) in [5, 5.41) is 4.99. The number of primary sulfonamides is 1. The van der Waals surface area contributed by atoms with Crippen LogP contribution in [0.25, 0.3) is 0 Å². The largest absolute Gasteiger partial charge is 0.338 e. The first-order chi connectivity index (χ1) is 9.23. The van der Waals surface area contributed by atoms with Gasteiger partial charge in [-0.3, -0.25) is 4.79 Å². The quantitative estimate of drug-likeness (QED) is 0.892. The molecule has 1 aromatic rings. The third-order valence-electron chi connectivity index (χ3n) is 3.24. The molecule has 2 N–H and O–H groups in total. The number of likely N-dealkylation sites (tertiary alicyclic amines) is 1. The van der Waals surface area contributed by atoms with E-state index in [-0.39, 0.29) is 29.8 Å². The first-order valence-electron chi connectivity index (χ1n) is 6.27. The molecule has 1 saturated heterocycles. The Morgan fingerprint density at radius 3 is 2.70 bits per heavy atom. The fraction of sp³-hybridized carbons (Fsp3) is 0.462. The standard InChI is InChI=1S/C13H17FN2O3S/c1-9-2-10(4-12(14)3-9)6-16-7-11(5-13(16)17)8-20(15,18)19/h2-4,11H,5-8H2,1H3,(H2,15,18,19). The van der Waals surface area contributed by atoms with Gasteiger partial charge in [0.15, 0.2) is 0 Å². The normalized spacial score (nSPS) is 19.6. The van der Waals surface area contributed by atoms with E-state index in [0.29, 0.717) is 18.7 Å². The smallest absolute Gasteiger partial charge is 0.223 e. The number of aryl methyl sites for hydroxylation is 1. The van der Waals surface area contributed by atoms with Gasteiger partial charge < -0.3 is 4.90 Å². The molecule has 1 amide bonds. The van der Waals surface area contributed by atoms with Crippen LogP contribution in [0.1, 0.15) is 17.5 Å². The van der Waals surface area contributed by atoms with Crippen LogP contribution in [0, 0.1) is 18.7 Å². The molecule has 0 radical (unpaired) electrons. The van der Waals surface area contributed by atoms with Crippen LogP contribution in [0.15, 0.2) is 18.2 Å². The van der Waals surface area contributed by atoms with Crippen LogP contribution >= 0.6 is 0 Å². The Morgan fingerprint density at radius 1 is 1.40 bits per heavy atom. The number of hydrogen-bond donors (Lipinski definition) is 1. The lowest BCUT2D eigenvalue weighted by molar-refractivity contribution is -0.128. The number of rotatable bonds is 4. The molecule has 20 heavy (non-hydrogen) atoms. The summed E-state index contributed by atoms with van der Waals surface area (Å²) in [5.41, 5.74) is 1.49. The van der Waals surface area contributed by atoms with Crippen LogP contribution in [0.2, 0.25) is 0 Å². The topological polar surface area (TPSA) is 80.5 Å². The van der Waals surface area contributed by atoms with Crippen molar-refractivity contribution in [3.63, 3.8) is 0 Å². The Labute approximate surface area is 117 Å². The summed E-state index contributed by atoms with van der Waals surface area (Å²) in [7, 11) is -3.58. The van der Waals surface area contributed by atoms with E-state index in [1.54, 1.807) is 11.8 Å². The summed E-state index contributed by atoms with van der Waals surface area (Å²) in [6.45, 7) is 2.41. The van der Waals surface area contributed by atoms with E-state index in [0.717, 1.165) is 5.56 Å². The van der Waals surface area contributed by atoms with Crippen LogP contribution in [0.3, 0.4) is 0 Å². The molecule has 1 fully saturated rings. The second kappa shape index (κ2) is 5.49. The van der Waals surface area contributed by atoms with Gasteiger partial charge in [-0.2, -0.15) is 0 Å². The number of sulfonamides is 1. The van der Waals surface area contributed by atoms with Crippen molar-refractivity contribution >= 4 is 15.9 Å². The zero-order chi connectivity index (χ0) is 14.9. The van der Waals surface area contributed by atoms with Gasteiger partial charge in [0.05, 0.1) is 5.75 Å². The summed E-state index contributed by atoms with van der Waals surface area (Å²) in [4.78, 5) is 13.4. The van der Waals surface area contributed by atoms with Gasteiger partial charge in [-0.25, -0.2) is 17.9 Å². The Bertz CT molecular complexity index is 610. The maximum atomic E-state index is 13.3. The summed E-state index contributed by atoms with van der Waals surface area (Å²) < 4.78 is 35.4. The van der Waals surface area contributed by atoms with Crippen molar-refractivity contribution in [3.05, 3.63) is 35.1 Å². The highest BCUT2D eigenvalue weighted by Gasteiger charge is 2.31. The second-order valence-corrected chi connectivity index (χ2v) is 6.97. The van der Waals surface area contributed by atoms with Crippen molar-refractivity contribution in [3.8, 4) is 0 Å². The monoisotopic (exact) mass is 300 g/mol. The van der Waals surface area contributed by atoms with Crippen molar-refractivity contribution in [2.24, 2.45) is 11.1 Å². The Kier molecular flexibility index (Phi) is 4.10. The Hall–Kier alpha value is -1.47. The average molecular weight is 300 g/mol. The fourth-order valence-electron chi connectivity index (χ4n) is 2.57. The fourth-order valence-corrected chi connectivity index (χ4v) is 3.45. The van der Waals surface area contributed by atoms with Crippen LogP contribution in [-0.4, -0.2) is 31.5 Å². The van der Waals surface area contributed by atoms with E-state index in [1.165, 1.54) is 12.1 Å². The predicted octanol–water partition coefficient (Wildman–Crippen LogP) is 0.771. The number of nitrogens with two attached hydrogens (primary N) is 1. The van der Waals surface area contributed by atoms with Gasteiger partial charge in [0, 0.05) is 25.4 Å². The third-order valence-corrected chi connectivity index (χ3v) is 4.17. The van der Waals surface area contributed by atoms with E-state index in [1.807, 2.05) is 6.07 Å². The lowest BCUT2D eigenvalue weighted by Crippen LogP contribution is -2.27. The van der Waals surface area contributed by atoms with Gasteiger partial charge in [0.1, 0.15) is 5.82 Å². The van der Waals surface area contributed by atoms with Crippen molar-refractivity contribution in [2.45, 2.75) is 19.9 Å². The minimum atomic E-state index is -3.58. The van der Waals surface area contributed by atoms with Crippen LogP contribution < -0.4 is 5.14 Å². The molecule has 1 aromatic carbocycles. The minimum absolute atomic E-state index is 0.124. The van der Waals surface area contributed by atoms with Crippen molar-refractivity contribution in [1.82, 2.24) is 4.90 Å². The molecule has 0 bridgehead atoms. The number of benzene rings is 1. The molecule has 0 aliphatic carbocycles. The Balaban J connectivity index is 2.05. The third kappa shape index (κ3) is 4.01. The number of hydrogen-bond acceptors (Lipinski definition) is 3. The summed E-state index contributed by atoms with van der Waals surface area (Å²) in [6, 6.07) is 4.61. The minimum Gasteiger partial charge on any atom is -0.338 e. The average Bonchev–Trinajstić information content (AvgIpc) is 2.54. The van der Waals surface area contributed by atoms with Crippen LogP contribution in [0.5, 0.6) is 0 Å². The first-order valence-corrected chi connectivity index (χ1v) is 7.99. The molecular weight excluding hydrogens is 283 g/mol. The maximum Gasteiger partial charge on any atom is 0.223 e. The lowest BCUT2D eigenvalue weighted by Gasteiger charge is -2.17. The van der Waals surface area contributed by atoms with Crippen molar-refractivity contribution in [1.29, 1.82) is 0 Å². The lowest BCUT2D eigenvalue weighted by atomic mass is 10.1. The zero-order valence-electron chi connectivity index (χ0n) is 11.2. The summed E-state index contributed by atoms with van der Waals surface area (Å²) >= 11 is 0. The van der Waals surface area contributed by atoms with Gasteiger partial charge in [-0.1, -0.05) is 6.07 Å². The molecule has 7 heteroatoms. The molecule has 1 unspecified atom stereocenters. The van der Waals surface area contributed by atoms with E-state index in [9.17, 15) is 17.6 Å². The molecule has 5 nitrogen and oxygen atoms in total. The molecule has 1 aliphatic heterocycles. The van der Waals surface area contributed by atoms with E-state index < -0.39 is 10.0 Å². The number of carbonyl (C=O) groups is 1. The van der Waals surface area contributed by atoms with E-state index in [4.69, 9.17) is 5.14 Å². The molecule has 0 aromatic heterocycles. The first kappa shape index (κ1) is 14.9. The molecule has 110 valence electrons. The number of nitrogens with zero attached hydrogens (tertiary/aromatic N) is 1. The summed E-state index contributed by atoms with van der Waals surface area (Å²) in [5.74, 6) is -0.947. The highest BCUT2D eigenvalue weighted by atomic mass is 32.2. The van der Waals surface area contributed by atoms with Crippen LogP contribution in [0.4, 0.5) is 4.39 Å². The van der Waals surface area contributed by atoms with Gasteiger partial charge in [-0.05, 0) is 30.2 Å². The molecule has 2 rings (SSSR count). The molecule has 0 spiro atoms. The van der Waals surface area contributed by atoms with Gasteiger partial charge in [0.2, 0.25) is 15.9 Å². The van der Waals surface area contributed by atoms with Crippen LogP contribution in [-0.2, 0) is 21.4 Å². The predicted molar refractivity (Wildman–Crippen MR) is 72.6 cm³/mol. The van der Waals surface area contributed by atoms with Gasteiger partial charge in [-0.15, -0.1) is 0 Å². The maximum absolute atomic E-state index is 13.3. The molecule has 1 atom stereocenters. The highest BCUT2D eigenvalue weighted by Crippen LogP contribution is 2.21. The van der Waals surface area contributed by atoms with Crippen molar-refractivity contribution < 1.29 is 17.6 Å². The van der Waals surface area contributed by atoms with E-state index >= 15 is 0 Å². The number of amides is 1. The molecular formula is C13H17FN2O3S. The summed E-state index contributed by atoms with van der Waals surface area (Å²) in [6.07, 6.45) is 0.171.